The van der Waals surface area contributed by atoms with Crippen LogP contribution in [0.15, 0.2) is 42.5 Å². The second kappa shape index (κ2) is 16.6. The molecule has 3 N–H and O–H groups in total. The molecule has 2 aromatic rings. The second-order valence-corrected chi connectivity index (χ2v) is 9.46. The summed E-state index contributed by atoms with van der Waals surface area (Å²) in [6.45, 7) is 7.53. The van der Waals surface area contributed by atoms with Crippen LogP contribution >= 0.6 is 0 Å². The van der Waals surface area contributed by atoms with Crippen molar-refractivity contribution in [3.05, 3.63) is 53.6 Å². The van der Waals surface area contributed by atoms with E-state index in [4.69, 9.17) is 10.5 Å². The number of nitrogens with two attached hydrogens (primary N) is 1. The van der Waals surface area contributed by atoms with Crippen molar-refractivity contribution < 1.29 is 14.3 Å². The van der Waals surface area contributed by atoms with Gasteiger partial charge in [0, 0.05) is 12.1 Å². The zero-order valence-electron chi connectivity index (χ0n) is 22.5. The van der Waals surface area contributed by atoms with Crippen LogP contribution in [0.2, 0.25) is 0 Å². The van der Waals surface area contributed by atoms with Crippen LogP contribution in [0.4, 0.5) is 16.2 Å². The molecular weight excluding hydrogens is 450 g/mol. The molecule has 3 amide bonds. The lowest BCUT2D eigenvalue weighted by molar-refractivity contribution is 0.0953. The van der Waals surface area contributed by atoms with Gasteiger partial charge >= 0.3 is 6.03 Å². The highest BCUT2D eigenvalue weighted by atomic mass is 16.5. The third kappa shape index (κ3) is 9.92. The number of primary amides is 1. The lowest BCUT2D eigenvalue weighted by Gasteiger charge is -2.23. The Kier molecular flexibility index (Phi) is 13.5. The number of anilines is 2. The van der Waals surface area contributed by atoms with Gasteiger partial charge < -0.3 is 15.8 Å². The lowest BCUT2D eigenvalue weighted by Crippen LogP contribution is -2.32. The maximum Gasteiger partial charge on any atom is 0.323 e. The average molecular weight is 496 g/mol. The van der Waals surface area contributed by atoms with Crippen LogP contribution in [0.3, 0.4) is 0 Å². The van der Waals surface area contributed by atoms with Crippen LogP contribution < -0.4 is 20.7 Å². The summed E-state index contributed by atoms with van der Waals surface area (Å²) in [7, 11) is 0. The fourth-order valence-corrected chi connectivity index (χ4v) is 4.15. The Morgan fingerprint density at radius 1 is 0.833 bits per heavy atom. The van der Waals surface area contributed by atoms with Crippen LogP contribution in [0.25, 0.3) is 0 Å². The van der Waals surface area contributed by atoms with Gasteiger partial charge in [-0.05, 0) is 61.7 Å². The van der Waals surface area contributed by atoms with Gasteiger partial charge in [0.1, 0.15) is 5.75 Å². The monoisotopic (exact) mass is 495 g/mol. The summed E-state index contributed by atoms with van der Waals surface area (Å²) in [4.78, 5) is 26.4. The van der Waals surface area contributed by atoms with Gasteiger partial charge in [0.15, 0.2) is 0 Å². The number of hydrogen-bond donors (Lipinski definition) is 2. The summed E-state index contributed by atoms with van der Waals surface area (Å²) in [5.74, 6) is 0.609. The Bertz CT molecular complexity index is 928. The highest BCUT2D eigenvalue weighted by Crippen LogP contribution is 2.30. The van der Waals surface area contributed by atoms with Crippen LogP contribution in [0.5, 0.6) is 5.75 Å². The van der Waals surface area contributed by atoms with Gasteiger partial charge in [0.2, 0.25) is 0 Å². The SMILES string of the molecule is CCCCCCCCCCCOc1ccc(N(C(N)=O)c2cc(C(=O)NCCCC)ccc2C)cc1. The minimum Gasteiger partial charge on any atom is -0.494 e. The van der Waals surface area contributed by atoms with Gasteiger partial charge in [0.05, 0.1) is 18.0 Å². The predicted octanol–water partition coefficient (Wildman–Crippen LogP) is 7.65. The molecule has 6 heteroatoms. The first-order valence-corrected chi connectivity index (χ1v) is 13.7. The van der Waals surface area contributed by atoms with Crippen LogP contribution in [0.1, 0.15) is 100 Å². The molecule has 0 aliphatic heterocycles. The largest absolute Gasteiger partial charge is 0.494 e. The minimum atomic E-state index is -0.606. The van der Waals surface area contributed by atoms with E-state index < -0.39 is 6.03 Å². The van der Waals surface area contributed by atoms with Gasteiger partial charge in [-0.1, -0.05) is 77.7 Å². The summed E-state index contributed by atoms with van der Waals surface area (Å²) < 4.78 is 5.90. The molecule has 0 saturated carbocycles. The molecular formula is C30H45N3O3. The third-order valence-corrected chi connectivity index (χ3v) is 6.36. The Hall–Kier alpha value is -3.02. The molecule has 198 valence electrons. The number of carbonyl (C=O) groups excluding carboxylic acids is 2. The van der Waals surface area contributed by atoms with Crippen molar-refractivity contribution in [2.24, 2.45) is 5.73 Å². The number of nitrogens with one attached hydrogen (secondary N) is 1. The molecule has 36 heavy (non-hydrogen) atoms. The fourth-order valence-electron chi connectivity index (χ4n) is 4.15. The second-order valence-electron chi connectivity index (χ2n) is 9.46. The van der Waals surface area contributed by atoms with Gasteiger partial charge in [-0.15, -0.1) is 0 Å². The molecule has 0 aliphatic carbocycles. The molecule has 2 rings (SSSR count). The van der Waals surface area contributed by atoms with E-state index in [0.29, 0.717) is 30.1 Å². The van der Waals surface area contributed by atoms with E-state index in [2.05, 4.69) is 19.2 Å². The molecule has 0 atom stereocenters. The van der Waals surface area contributed by atoms with Crippen LogP contribution in [-0.4, -0.2) is 25.1 Å². The Morgan fingerprint density at radius 3 is 2.06 bits per heavy atom. The zero-order chi connectivity index (χ0) is 26.2. The Morgan fingerprint density at radius 2 is 1.44 bits per heavy atom. The molecule has 6 nitrogen and oxygen atoms in total. The predicted molar refractivity (Wildman–Crippen MR) is 149 cm³/mol. The van der Waals surface area contributed by atoms with Gasteiger partial charge in [-0.25, -0.2) is 4.79 Å². The quantitative estimate of drug-likeness (QED) is 0.221. The van der Waals surface area contributed by atoms with E-state index in [1.807, 2.05) is 37.3 Å². The molecule has 0 heterocycles. The summed E-state index contributed by atoms with van der Waals surface area (Å²) in [5.41, 5.74) is 8.33. The van der Waals surface area contributed by atoms with E-state index in [9.17, 15) is 9.59 Å². The van der Waals surface area contributed by atoms with Crippen molar-refractivity contribution >= 4 is 23.3 Å². The molecule has 0 bridgehead atoms. The number of carbonyl (C=O) groups is 2. The van der Waals surface area contributed by atoms with Gasteiger partial charge in [-0.2, -0.15) is 0 Å². The van der Waals surface area contributed by atoms with E-state index in [-0.39, 0.29) is 5.91 Å². The lowest BCUT2D eigenvalue weighted by atomic mass is 10.1. The van der Waals surface area contributed by atoms with Crippen molar-refractivity contribution in [2.45, 2.75) is 91.4 Å². The number of aryl methyl sites for hydroxylation is 1. The third-order valence-electron chi connectivity index (χ3n) is 6.36. The summed E-state index contributed by atoms with van der Waals surface area (Å²) in [6.07, 6.45) is 13.4. The molecule has 0 saturated heterocycles. The normalized spacial score (nSPS) is 10.8. The van der Waals surface area contributed by atoms with Crippen molar-refractivity contribution in [3.63, 3.8) is 0 Å². The summed E-state index contributed by atoms with van der Waals surface area (Å²) in [5, 5.41) is 2.92. The summed E-state index contributed by atoms with van der Waals surface area (Å²) >= 11 is 0. The number of benzene rings is 2. The van der Waals surface area contributed by atoms with Crippen LogP contribution in [0, 0.1) is 6.92 Å². The van der Waals surface area contributed by atoms with Gasteiger partial charge in [0.25, 0.3) is 5.91 Å². The van der Waals surface area contributed by atoms with Crippen molar-refractivity contribution in [1.29, 1.82) is 0 Å². The van der Waals surface area contributed by atoms with Gasteiger partial charge in [-0.3, -0.25) is 9.69 Å². The first-order chi connectivity index (χ1) is 17.5. The number of unbranched alkanes of at least 4 members (excludes halogenated alkanes) is 9. The maximum atomic E-state index is 12.5. The van der Waals surface area contributed by atoms with Crippen molar-refractivity contribution in [3.8, 4) is 5.75 Å². The highest BCUT2D eigenvalue weighted by molar-refractivity contribution is 6.01. The number of urea groups is 1. The maximum absolute atomic E-state index is 12.5. The summed E-state index contributed by atoms with van der Waals surface area (Å²) in [6, 6.07) is 12.1. The molecule has 0 fully saturated rings. The van der Waals surface area contributed by atoms with Crippen LogP contribution in [-0.2, 0) is 0 Å². The number of rotatable bonds is 17. The standard InChI is InChI=1S/C30H45N3O3/c1-4-6-8-9-10-11-12-13-14-22-36-27-19-17-26(18-20-27)33(30(31)35)28-23-25(16-15-24(28)3)29(34)32-21-7-5-2/h15-20,23H,4-14,21-22H2,1-3H3,(H2,31,35)(H,32,34). The van der Waals surface area contributed by atoms with E-state index in [0.717, 1.165) is 30.6 Å². The average Bonchev–Trinajstić information content (AvgIpc) is 2.87. The van der Waals surface area contributed by atoms with E-state index in [1.165, 1.54) is 56.3 Å². The number of ether oxygens (including phenoxy) is 1. The number of nitrogens with zero attached hydrogens (tertiary/aromatic N) is 1. The molecule has 0 unspecified atom stereocenters. The van der Waals surface area contributed by atoms with Crippen molar-refractivity contribution in [1.82, 2.24) is 5.32 Å². The molecule has 0 radical (unpaired) electrons. The molecule has 0 aliphatic rings. The smallest absolute Gasteiger partial charge is 0.323 e. The molecule has 0 spiro atoms. The topological polar surface area (TPSA) is 84.7 Å². The zero-order valence-corrected chi connectivity index (χ0v) is 22.5. The molecule has 2 aromatic carbocycles. The highest BCUT2D eigenvalue weighted by Gasteiger charge is 2.19. The Balaban J connectivity index is 1.92. The van der Waals surface area contributed by atoms with E-state index >= 15 is 0 Å². The van der Waals surface area contributed by atoms with Crippen molar-refractivity contribution in [2.75, 3.05) is 18.1 Å². The number of amides is 3. The fraction of sp³-hybridized carbons (Fsp3) is 0.533. The Labute approximate surface area is 217 Å². The van der Waals surface area contributed by atoms with E-state index in [1.54, 1.807) is 12.1 Å². The number of hydrogen-bond acceptors (Lipinski definition) is 3. The molecule has 0 aromatic heterocycles. The minimum absolute atomic E-state index is 0.158. The first-order valence-electron chi connectivity index (χ1n) is 13.7. The first kappa shape index (κ1) is 29.2.